The van der Waals surface area contributed by atoms with Gasteiger partial charge in [0.1, 0.15) is 17.9 Å². The molecule has 1 atom stereocenters. The van der Waals surface area contributed by atoms with Gasteiger partial charge in [-0.05, 0) is 31.0 Å². The van der Waals surface area contributed by atoms with Crippen LogP contribution < -0.4 is 10.1 Å². The van der Waals surface area contributed by atoms with Gasteiger partial charge in [0.2, 0.25) is 0 Å². The Labute approximate surface area is 113 Å². The minimum Gasteiger partial charge on any atom is -0.497 e. The number of benzene rings is 1. The molecular weight excluding hydrogens is 240 g/mol. The number of H-pyrrole nitrogens is 1. The van der Waals surface area contributed by atoms with Crippen molar-refractivity contribution in [3.63, 3.8) is 0 Å². The second-order valence-corrected chi connectivity index (χ2v) is 4.59. The van der Waals surface area contributed by atoms with E-state index in [-0.39, 0.29) is 0 Å². The van der Waals surface area contributed by atoms with Crippen molar-refractivity contribution in [1.82, 2.24) is 20.5 Å². The molecule has 0 fully saturated rings. The maximum Gasteiger partial charge on any atom is 0.137 e. The number of aromatic nitrogens is 3. The normalized spacial score (nSPS) is 12.3. The molecule has 0 aliphatic carbocycles. The van der Waals surface area contributed by atoms with Crippen LogP contribution >= 0.6 is 0 Å². The van der Waals surface area contributed by atoms with Crippen LogP contribution in [0.25, 0.3) is 0 Å². The summed E-state index contributed by atoms with van der Waals surface area (Å²) in [6.07, 6.45) is 3.41. The van der Waals surface area contributed by atoms with Gasteiger partial charge in [0, 0.05) is 19.0 Å². The van der Waals surface area contributed by atoms with Gasteiger partial charge < -0.3 is 10.1 Å². The zero-order chi connectivity index (χ0) is 13.5. The predicted octanol–water partition coefficient (Wildman–Crippen LogP) is 1.58. The van der Waals surface area contributed by atoms with E-state index in [9.17, 15) is 0 Å². The van der Waals surface area contributed by atoms with Gasteiger partial charge in [-0.1, -0.05) is 12.1 Å². The summed E-state index contributed by atoms with van der Waals surface area (Å²) in [6.45, 7) is 3.08. The summed E-state index contributed by atoms with van der Waals surface area (Å²) in [5.74, 6) is 1.82. The van der Waals surface area contributed by atoms with Crippen LogP contribution in [0.1, 0.15) is 18.3 Å². The lowest BCUT2D eigenvalue weighted by molar-refractivity contribution is 0.414. The van der Waals surface area contributed by atoms with Crippen molar-refractivity contribution in [2.45, 2.75) is 25.8 Å². The quantitative estimate of drug-likeness (QED) is 0.793. The van der Waals surface area contributed by atoms with Crippen LogP contribution in [0.3, 0.4) is 0 Å². The highest BCUT2D eigenvalue weighted by atomic mass is 16.5. The molecule has 2 N–H and O–H groups in total. The summed E-state index contributed by atoms with van der Waals surface area (Å²) in [6, 6.07) is 8.63. The lowest BCUT2D eigenvalue weighted by Crippen LogP contribution is -2.30. The zero-order valence-corrected chi connectivity index (χ0v) is 11.4. The fraction of sp³-hybridized carbons (Fsp3) is 0.429. The topological polar surface area (TPSA) is 62.8 Å². The van der Waals surface area contributed by atoms with Gasteiger partial charge in [0.25, 0.3) is 0 Å². The largest absolute Gasteiger partial charge is 0.497 e. The smallest absolute Gasteiger partial charge is 0.137 e. The third-order valence-corrected chi connectivity index (χ3v) is 3.02. The molecule has 2 rings (SSSR count). The van der Waals surface area contributed by atoms with E-state index in [0.717, 1.165) is 31.0 Å². The maximum absolute atomic E-state index is 5.15. The number of nitrogens with one attached hydrogen (secondary N) is 2. The predicted molar refractivity (Wildman–Crippen MR) is 74.2 cm³/mol. The maximum atomic E-state index is 5.15. The molecule has 1 aromatic heterocycles. The molecule has 0 radical (unpaired) electrons. The second kappa shape index (κ2) is 6.89. The monoisotopic (exact) mass is 260 g/mol. The van der Waals surface area contributed by atoms with Crippen molar-refractivity contribution in [1.29, 1.82) is 0 Å². The van der Waals surface area contributed by atoms with Gasteiger partial charge in [0.15, 0.2) is 0 Å². The highest BCUT2D eigenvalue weighted by Crippen LogP contribution is 2.12. The van der Waals surface area contributed by atoms with Crippen LogP contribution in [0.15, 0.2) is 30.6 Å². The number of nitrogens with zero attached hydrogens (tertiary/aromatic N) is 2. The number of hydrogen-bond acceptors (Lipinski definition) is 4. The van der Waals surface area contributed by atoms with Crippen LogP contribution in [0.5, 0.6) is 5.75 Å². The first-order valence-electron chi connectivity index (χ1n) is 6.48. The molecule has 0 aliphatic heterocycles. The number of hydrogen-bond donors (Lipinski definition) is 2. The molecule has 1 heterocycles. The fourth-order valence-corrected chi connectivity index (χ4v) is 1.98. The van der Waals surface area contributed by atoms with Crippen LogP contribution in [-0.4, -0.2) is 34.9 Å². The second-order valence-electron chi connectivity index (χ2n) is 4.59. The van der Waals surface area contributed by atoms with Crippen molar-refractivity contribution < 1.29 is 4.74 Å². The number of aromatic amines is 1. The van der Waals surface area contributed by atoms with Crippen molar-refractivity contribution in [2.24, 2.45) is 0 Å². The molecule has 0 aliphatic rings. The summed E-state index contributed by atoms with van der Waals surface area (Å²) in [5, 5.41) is 10.2. The molecule has 5 nitrogen and oxygen atoms in total. The van der Waals surface area contributed by atoms with Gasteiger partial charge >= 0.3 is 0 Å². The lowest BCUT2D eigenvalue weighted by Gasteiger charge is -2.13. The molecule has 0 saturated heterocycles. The van der Waals surface area contributed by atoms with Crippen molar-refractivity contribution in [2.75, 3.05) is 13.7 Å². The summed E-state index contributed by atoms with van der Waals surface area (Å²) in [5.41, 5.74) is 1.31. The van der Waals surface area contributed by atoms with Gasteiger partial charge in [-0.25, -0.2) is 4.98 Å². The molecule has 0 bridgehead atoms. The highest BCUT2D eigenvalue weighted by molar-refractivity contribution is 5.27. The summed E-state index contributed by atoms with van der Waals surface area (Å²) in [4.78, 5) is 4.10. The van der Waals surface area contributed by atoms with E-state index in [0.29, 0.717) is 6.04 Å². The molecule has 19 heavy (non-hydrogen) atoms. The van der Waals surface area contributed by atoms with Crippen molar-refractivity contribution in [3.8, 4) is 5.75 Å². The molecule has 5 heteroatoms. The number of rotatable bonds is 7. The molecule has 1 unspecified atom stereocenters. The van der Waals surface area contributed by atoms with Crippen LogP contribution in [0.2, 0.25) is 0 Å². The first kappa shape index (κ1) is 13.5. The third kappa shape index (κ3) is 4.37. The average Bonchev–Trinajstić information content (AvgIpc) is 2.93. The Hall–Kier alpha value is -1.88. The standard InChI is InChI=1S/C14H20N4O/c1-11(15-8-7-14-16-10-17-18-14)9-12-3-5-13(19-2)6-4-12/h3-6,10-11,15H,7-9H2,1-2H3,(H,16,17,18). The molecule has 2 aromatic rings. The summed E-state index contributed by atoms with van der Waals surface area (Å²) >= 11 is 0. The molecule has 1 aromatic carbocycles. The molecule has 0 saturated carbocycles. The Bertz CT molecular complexity index is 467. The first-order chi connectivity index (χ1) is 9.28. The third-order valence-electron chi connectivity index (χ3n) is 3.02. The van der Waals surface area contributed by atoms with Gasteiger partial charge in [0.05, 0.1) is 7.11 Å². The van der Waals surface area contributed by atoms with Crippen molar-refractivity contribution >= 4 is 0 Å². The van der Waals surface area contributed by atoms with Crippen molar-refractivity contribution in [3.05, 3.63) is 42.0 Å². The number of methoxy groups -OCH3 is 1. The zero-order valence-electron chi connectivity index (χ0n) is 11.4. The lowest BCUT2D eigenvalue weighted by atomic mass is 10.1. The first-order valence-corrected chi connectivity index (χ1v) is 6.48. The summed E-state index contributed by atoms with van der Waals surface area (Å²) in [7, 11) is 1.68. The Kier molecular flexibility index (Phi) is 4.92. The Morgan fingerprint density at radius 3 is 2.74 bits per heavy atom. The minimum atomic E-state index is 0.427. The average molecular weight is 260 g/mol. The van der Waals surface area contributed by atoms with E-state index in [2.05, 4.69) is 39.6 Å². The SMILES string of the molecule is COc1ccc(CC(C)NCCc2ncn[nH]2)cc1. The summed E-state index contributed by atoms with van der Waals surface area (Å²) < 4.78 is 5.15. The van der Waals surface area contributed by atoms with E-state index >= 15 is 0 Å². The number of ether oxygens (including phenoxy) is 1. The fourth-order valence-electron chi connectivity index (χ4n) is 1.98. The van der Waals surface area contributed by atoms with Gasteiger partial charge in [-0.15, -0.1) is 0 Å². The minimum absolute atomic E-state index is 0.427. The van der Waals surface area contributed by atoms with E-state index in [1.165, 1.54) is 11.9 Å². The highest BCUT2D eigenvalue weighted by Gasteiger charge is 2.04. The van der Waals surface area contributed by atoms with Gasteiger partial charge in [-0.3, -0.25) is 5.10 Å². The molecular formula is C14H20N4O. The van der Waals surface area contributed by atoms with Crippen LogP contribution in [-0.2, 0) is 12.8 Å². The molecule has 0 spiro atoms. The van der Waals surface area contributed by atoms with E-state index in [1.54, 1.807) is 7.11 Å². The van der Waals surface area contributed by atoms with E-state index in [1.807, 2.05) is 12.1 Å². The Morgan fingerprint density at radius 1 is 1.32 bits per heavy atom. The van der Waals surface area contributed by atoms with Gasteiger partial charge in [-0.2, -0.15) is 5.10 Å². The van der Waals surface area contributed by atoms with E-state index in [4.69, 9.17) is 4.74 Å². The Morgan fingerprint density at radius 2 is 2.11 bits per heavy atom. The van der Waals surface area contributed by atoms with Crippen LogP contribution in [0, 0.1) is 0 Å². The van der Waals surface area contributed by atoms with Crippen LogP contribution in [0.4, 0.5) is 0 Å². The molecule has 102 valence electrons. The molecule has 0 amide bonds. The Balaban J connectivity index is 1.72. The van der Waals surface area contributed by atoms with E-state index < -0.39 is 0 Å².